The molecule has 1 aliphatic rings. The second-order valence-electron chi connectivity index (χ2n) is 4.06. The van der Waals surface area contributed by atoms with Gasteiger partial charge in [0.05, 0.1) is 0 Å². The van der Waals surface area contributed by atoms with E-state index in [1.807, 2.05) is 11.3 Å². The van der Waals surface area contributed by atoms with Crippen molar-refractivity contribution in [1.29, 1.82) is 0 Å². The van der Waals surface area contributed by atoms with E-state index in [9.17, 15) is 0 Å². The molecule has 0 amide bonds. The molecule has 2 atom stereocenters. The SMILES string of the molecule is NC1CCC(CCc2cccs2)C1. The highest BCUT2D eigenvalue weighted by atomic mass is 32.1. The van der Waals surface area contributed by atoms with Crippen LogP contribution in [0.2, 0.25) is 0 Å². The maximum atomic E-state index is 5.88. The molecule has 1 aromatic heterocycles. The summed E-state index contributed by atoms with van der Waals surface area (Å²) in [5.74, 6) is 0.900. The molecule has 1 fully saturated rings. The van der Waals surface area contributed by atoms with Gasteiger partial charge in [-0.25, -0.2) is 0 Å². The number of nitrogens with two attached hydrogens (primary N) is 1. The van der Waals surface area contributed by atoms with Crippen LogP contribution in [0.15, 0.2) is 17.5 Å². The van der Waals surface area contributed by atoms with Crippen LogP contribution in [-0.4, -0.2) is 6.04 Å². The molecule has 0 radical (unpaired) electrons. The quantitative estimate of drug-likeness (QED) is 0.788. The Kier molecular flexibility index (Phi) is 3.01. The topological polar surface area (TPSA) is 26.0 Å². The van der Waals surface area contributed by atoms with Crippen LogP contribution in [0.25, 0.3) is 0 Å². The van der Waals surface area contributed by atoms with E-state index in [0.29, 0.717) is 6.04 Å². The van der Waals surface area contributed by atoms with Crippen LogP contribution in [0.5, 0.6) is 0 Å². The summed E-state index contributed by atoms with van der Waals surface area (Å²) in [6.45, 7) is 0. The lowest BCUT2D eigenvalue weighted by molar-refractivity contribution is 0.497. The summed E-state index contributed by atoms with van der Waals surface area (Å²) in [6.07, 6.45) is 6.45. The first-order chi connectivity index (χ1) is 6.34. The van der Waals surface area contributed by atoms with E-state index in [1.165, 1.54) is 37.0 Å². The van der Waals surface area contributed by atoms with Gasteiger partial charge in [0.1, 0.15) is 0 Å². The lowest BCUT2D eigenvalue weighted by Gasteiger charge is -2.07. The van der Waals surface area contributed by atoms with Gasteiger partial charge >= 0.3 is 0 Å². The molecule has 0 bridgehead atoms. The van der Waals surface area contributed by atoms with Crippen LogP contribution in [0.3, 0.4) is 0 Å². The van der Waals surface area contributed by atoms with Gasteiger partial charge in [-0.05, 0) is 49.5 Å². The minimum absolute atomic E-state index is 0.494. The zero-order valence-electron chi connectivity index (χ0n) is 7.91. The molecule has 72 valence electrons. The van der Waals surface area contributed by atoms with Crippen molar-refractivity contribution in [1.82, 2.24) is 0 Å². The monoisotopic (exact) mass is 195 g/mol. The molecule has 0 aromatic carbocycles. The highest BCUT2D eigenvalue weighted by Gasteiger charge is 2.21. The van der Waals surface area contributed by atoms with Crippen LogP contribution >= 0.6 is 11.3 Å². The Hall–Kier alpha value is -0.340. The van der Waals surface area contributed by atoms with Gasteiger partial charge in [-0.2, -0.15) is 0 Å². The van der Waals surface area contributed by atoms with Crippen LogP contribution in [-0.2, 0) is 6.42 Å². The van der Waals surface area contributed by atoms with Gasteiger partial charge in [-0.3, -0.25) is 0 Å². The van der Waals surface area contributed by atoms with Crippen LogP contribution < -0.4 is 5.73 Å². The average molecular weight is 195 g/mol. The summed E-state index contributed by atoms with van der Waals surface area (Å²) in [7, 11) is 0. The lowest BCUT2D eigenvalue weighted by Crippen LogP contribution is -2.14. The third-order valence-corrected chi connectivity index (χ3v) is 3.90. The third kappa shape index (κ3) is 2.55. The van der Waals surface area contributed by atoms with Crippen molar-refractivity contribution in [3.8, 4) is 0 Å². The first-order valence-corrected chi connectivity index (χ1v) is 6.00. The van der Waals surface area contributed by atoms with Crippen molar-refractivity contribution in [3.05, 3.63) is 22.4 Å². The van der Waals surface area contributed by atoms with Crippen LogP contribution in [0.4, 0.5) is 0 Å². The maximum absolute atomic E-state index is 5.88. The van der Waals surface area contributed by atoms with Gasteiger partial charge in [-0.1, -0.05) is 6.07 Å². The lowest BCUT2D eigenvalue weighted by atomic mass is 10.0. The van der Waals surface area contributed by atoms with Crippen molar-refractivity contribution < 1.29 is 0 Å². The number of rotatable bonds is 3. The fourth-order valence-corrected chi connectivity index (χ4v) is 2.90. The van der Waals surface area contributed by atoms with E-state index in [4.69, 9.17) is 5.73 Å². The first kappa shape index (κ1) is 9.22. The molecule has 1 heterocycles. The summed E-state index contributed by atoms with van der Waals surface area (Å²) in [5.41, 5.74) is 5.88. The van der Waals surface area contributed by atoms with Crippen molar-refractivity contribution in [2.75, 3.05) is 0 Å². The molecule has 2 unspecified atom stereocenters. The van der Waals surface area contributed by atoms with Crippen molar-refractivity contribution >= 4 is 11.3 Å². The van der Waals surface area contributed by atoms with Gasteiger partial charge in [0.25, 0.3) is 0 Å². The highest BCUT2D eigenvalue weighted by molar-refractivity contribution is 7.09. The molecule has 0 saturated heterocycles. The zero-order chi connectivity index (χ0) is 9.10. The Labute approximate surface area is 84.0 Å². The van der Waals surface area contributed by atoms with Crippen LogP contribution in [0, 0.1) is 5.92 Å². The fourth-order valence-electron chi connectivity index (χ4n) is 2.18. The number of aryl methyl sites for hydroxylation is 1. The summed E-state index contributed by atoms with van der Waals surface area (Å²) < 4.78 is 0. The predicted molar refractivity (Wildman–Crippen MR) is 58.0 cm³/mol. The van der Waals surface area contributed by atoms with E-state index in [1.54, 1.807) is 0 Å². The molecule has 2 N–H and O–H groups in total. The number of thiophene rings is 1. The molecular formula is C11H17NS. The summed E-state index contributed by atoms with van der Waals surface area (Å²) in [4.78, 5) is 1.53. The van der Waals surface area contributed by atoms with Gasteiger partial charge < -0.3 is 5.73 Å². The zero-order valence-corrected chi connectivity index (χ0v) is 8.72. The van der Waals surface area contributed by atoms with Crippen molar-refractivity contribution in [3.63, 3.8) is 0 Å². The molecule has 1 saturated carbocycles. The molecule has 0 spiro atoms. The molecule has 1 aromatic rings. The maximum Gasteiger partial charge on any atom is 0.00453 e. The highest BCUT2D eigenvalue weighted by Crippen LogP contribution is 2.28. The van der Waals surface area contributed by atoms with Crippen LogP contribution in [0.1, 0.15) is 30.6 Å². The standard InChI is InChI=1S/C11H17NS/c12-10-5-3-9(8-10)4-6-11-2-1-7-13-11/h1-2,7,9-10H,3-6,8,12H2. The molecule has 13 heavy (non-hydrogen) atoms. The van der Waals surface area contributed by atoms with E-state index in [0.717, 1.165) is 5.92 Å². The third-order valence-electron chi connectivity index (χ3n) is 2.96. The Morgan fingerprint density at radius 1 is 1.46 bits per heavy atom. The van der Waals surface area contributed by atoms with Crippen molar-refractivity contribution in [2.24, 2.45) is 11.7 Å². The van der Waals surface area contributed by atoms with Crippen molar-refractivity contribution in [2.45, 2.75) is 38.1 Å². The minimum Gasteiger partial charge on any atom is -0.328 e. The second-order valence-corrected chi connectivity index (χ2v) is 5.09. The minimum atomic E-state index is 0.494. The Morgan fingerprint density at radius 3 is 3.00 bits per heavy atom. The summed E-state index contributed by atoms with van der Waals surface area (Å²) in [5, 5.41) is 2.16. The van der Waals surface area contributed by atoms with E-state index < -0.39 is 0 Å². The summed E-state index contributed by atoms with van der Waals surface area (Å²) in [6, 6.07) is 4.87. The molecule has 2 heteroatoms. The van der Waals surface area contributed by atoms with Gasteiger partial charge in [-0.15, -0.1) is 11.3 Å². The van der Waals surface area contributed by atoms with Gasteiger partial charge in [0.15, 0.2) is 0 Å². The van der Waals surface area contributed by atoms with E-state index in [-0.39, 0.29) is 0 Å². The molecular weight excluding hydrogens is 178 g/mol. The number of hydrogen-bond donors (Lipinski definition) is 1. The normalized spacial score (nSPS) is 28.1. The van der Waals surface area contributed by atoms with E-state index in [2.05, 4.69) is 17.5 Å². The fraction of sp³-hybridized carbons (Fsp3) is 0.636. The van der Waals surface area contributed by atoms with Gasteiger partial charge in [0.2, 0.25) is 0 Å². The molecule has 0 aliphatic heterocycles. The second kappa shape index (κ2) is 4.25. The Balaban J connectivity index is 1.74. The number of hydrogen-bond acceptors (Lipinski definition) is 2. The van der Waals surface area contributed by atoms with Gasteiger partial charge in [0, 0.05) is 10.9 Å². The molecule has 1 nitrogen and oxygen atoms in total. The average Bonchev–Trinajstić information content (AvgIpc) is 2.71. The Morgan fingerprint density at radius 2 is 2.38 bits per heavy atom. The first-order valence-electron chi connectivity index (χ1n) is 5.12. The largest absolute Gasteiger partial charge is 0.328 e. The summed E-state index contributed by atoms with van der Waals surface area (Å²) >= 11 is 1.88. The van der Waals surface area contributed by atoms with E-state index >= 15 is 0 Å². The molecule has 2 rings (SSSR count). The molecule has 1 aliphatic carbocycles. The smallest absolute Gasteiger partial charge is 0.00453 e. The predicted octanol–water partition coefficient (Wildman–Crippen LogP) is 2.81. The Bertz CT molecular complexity index is 243.